The van der Waals surface area contributed by atoms with E-state index in [1.165, 1.54) is 42.5 Å². The molecule has 0 saturated carbocycles. The van der Waals surface area contributed by atoms with E-state index in [2.05, 4.69) is 5.32 Å². The molecular weight excluding hydrogens is 438 g/mol. The molecule has 3 rings (SSSR count). The second-order valence-electron chi connectivity index (χ2n) is 7.03. The van der Waals surface area contributed by atoms with E-state index < -0.39 is 10.8 Å². The van der Waals surface area contributed by atoms with Crippen molar-refractivity contribution in [2.75, 3.05) is 11.9 Å². The van der Waals surface area contributed by atoms with Crippen molar-refractivity contribution in [2.45, 2.75) is 13.5 Å². The van der Waals surface area contributed by atoms with Crippen LogP contribution in [0.5, 0.6) is 17.2 Å². The molecule has 9 heteroatoms. The van der Waals surface area contributed by atoms with Crippen molar-refractivity contribution in [3.63, 3.8) is 0 Å². The number of rotatable bonds is 9. The number of ether oxygens (including phenoxy) is 2. The summed E-state index contributed by atoms with van der Waals surface area (Å²) in [5, 5.41) is 32.4. The van der Waals surface area contributed by atoms with Crippen LogP contribution in [-0.4, -0.2) is 22.5 Å². The zero-order valence-corrected chi connectivity index (χ0v) is 18.2. The SMILES string of the molecule is CCOc1cc(/C=C(\C#N)C(=O)Nc2ccc(O)cc2)ccc1OCc1cccc([N+](=O)[O-])c1. The van der Waals surface area contributed by atoms with Gasteiger partial charge in [-0.1, -0.05) is 18.2 Å². The second-order valence-corrected chi connectivity index (χ2v) is 7.03. The molecule has 0 unspecified atom stereocenters. The number of phenolic OH excluding ortho intramolecular Hbond substituents is 1. The lowest BCUT2D eigenvalue weighted by molar-refractivity contribution is -0.384. The number of hydrogen-bond donors (Lipinski definition) is 2. The van der Waals surface area contributed by atoms with Crippen LogP contribution in [0, 0.1) is 21.4 Å². The van der Waals surface area contributed by atoms with Crippen LogP contribution in [0.2, 0.25) is 0 Å². The molecule has 2 N–H and O–H groups in total. The van der Waals surface area contributed by atoms with Gasteiger partial charge in [0.05, 0.1) is 11.5 Å². The molecule has 3 aromatic rings. The number of nitrogens with one attached hydrogen (secondary N) is 1. The number of non-ortho nitro benzene ring substituents is 1. The summed E-state index contributed by atoms with van der Waals surface area (Å²) in [4.78, 5) is 23.0. The molecule has 0 heterocycles. The van der Waals surface area contributed by atoms with E-state index in [0.29, 0.717) is 34.9 Å². The van der Waals surface area contributed by atoms with Crippen LogP contribution in [0.1, 0.15) is 18.1 Å². The first-order valence-electron chi connectivity index (χ1n) is 10.2. The Morgan fingerprint density at radius 3 is 2.56 bits per heavy atom. The van der Waals surface area contributed by atoms with Gasteiger partial charge in [-0.25, -0.2) is 0 Å². The first-order valence-corrected chi connectivity index (χ1v) is 10.2. The Hall–Kier alpha value is -4.84. The van der Waals surface area contributed by atoms with Gasteiger partial charge in [-0.3, -0.25) is 14.9 Å². The highest BCUT2D eigenvalue weighted by Gasteiger charge is 2.12. The smallest absolute Gasteiger partial charge is 0.269 e. The van der Waals surface area contributed by atoms with E-state index in [-0.39, 0.29) is 23.6 Å². The van der Waals surface area contributed by atoms with Crippen LogP contribution in [0.3, 0.4) is 0 Å². The van der Waals surface area contributed by atoms with Crippen molar-refractivity contribution in [3.05, 3.63) is 93.5 Å². The van der Waals surface area contributed by atoms with Gasteiger partial charge in [-0.2, -0.15) is 5.26 Å². The molecule has 172 valence electrons. The minimum atomic E-state index is -0.600. The molecule has 34 heavy (non-hydrogen) atoms. The maximum Gasteiger partial charge on any atom is 0.269 e. The summed E-state index contributed by atoms with van der Waals surface area (Å²) in [5.41, 5.74) is 1.45. The van der Waals surface area contributed by atoms with Gasteiger partial charge in [0.25, 0.3) is 11.6 Å². The highest BCUT2D eigenvalue weighted by Crippen LogP contribution is 2.30. The van der Waals surface area contributed by atoms with Crippen LogP contribution >= 0.6 is 0 Å². The Morgan fingerprint density at radius 1 is 1.12 bits per heavy atom. The van der Waals surface area contributed by atoms with E-state index >= 15 is 0 Å². The topological polar surface area (TPSA) is 135 Å². The standard InChI is InChI=1S/C25H21N3O6/c1-2-33-24-14-17(12-19(15-26)25(30)27-20-7-9-22(29)10-8-20)6-11-23(24)34-16-18-4-3-5-21(13-18)28(31)32/h3-14,29H,2,16H2,1H3,(H,27,30)/b19-12+. The number of carbonyl (C=O) groups is 1. The van der Waals surface area contributed by atoms with Gasteiger partial charge >= 0.3 is 0 Å². The van der Waals surface area contributed by atoms with Crippen LogP contribution in [0.15, 0.2) is 72.3 Å². The minimum absolute atomic E-state index is 0.0266. The van der Waals surface area contributed by atoms with E-state index in [0.717, 1.165) is 0 Å². The van der Waals surface area contributed by atoms with E-state index in [9.17, 15) is 25.3 Å². The van der Waals surface area contributed by atoms with Crippen molar-refractivity contribution in [1.82, 2.24) is 0 Å². The van der Waals surface area contributed by atoms with Crippen molar-refractivity contribution in [2.24, 2.45) is 0 Å². The summed E-state index contributed by atoms with van der Waals surface area (Å²) >= 11 is 0. The lowest BCUT2D eigenvalue weighted by atomic mass is 10.1. The molecule has 0 aliphatic heterocycles. The summed E-state index contributed by atoms with van der Waals surface area (Å²) < 4.78 is 11.4. The number of aromatic hydroxyl groups is 1. The zero-order chi connectivity index (χ0) is 24.5. The predicted octanol–water partition coefficient (Wildman–Crippen LogP) is 4.82. The van der Waals surface area contributed by atoms with Crippen LogP contribution < -0.4 is 14.8 Å². The van der Waals surface area contributed by atoms with Crippen molar-refractivity contribution in [3.8, 4) is 23.3 Å². The monoisotopic (exact) mass is 459 g/mol. The molecule has 3 aromatic carbocycles. The number of benzene rings is 3. The summed E-state index contributed by atoms with van der Waals surface area (Å²) in [6.45, 7) is 2.25. The molecule has 0 saturated heterocycles. The zero-order valence-electron chi connectivity index (χ0n) is 18.2. The quantitative estimate of drug-likeness (QED) is 0.154. The van der Waals surface area contributed by atoms with Gasteiger partial charge in [0.15, 0.2) is 11.5 Å². The van der Waals surface area contributed by atoms with E-state index in [1.54, 1.807) is 37.3 Å². The molecule has 0 aliphatic rings. The molecule has 0 bridgehead atoms. The molecule has 0 atom stereocenters. The first kappa shape index (κ1) is 23.8. The number of amides is 1. The van der Waals surface area contributed by atoms with Gasteiger partial charge in [-0.15, -0.1) is 0 Å². The normalized spacial score (nSPS) is 10.8. The molecule has 1 amide bonds. The highest BCUT2D eigenvalue weighted by atomic mass is 16.6. The van der Waals surface area contributed by atoms with E-state index in [1.807, 2.05) is 6.07 Å². The summed E-state index contributed by atoms with van der Waals surface area (Å²) in [6, 6.07) is 18.8. The van der Waals surface area contributed by atoms with E-state index in [4.69, 9.17) is 9.47 Å². The Kier molecular flexibility index (Phi) is 7.81. The Bertz CT molecular complexity index is 1260. The highest BCUT2D eigenvalue weighted by molar-refractivity contribution is 6.09. The fourth-order valence-electron chi connectivity index (χ4n) is 2.98. The lowest BCUT2D eigenvalue weighted by Crippen LogP contribution is -2.13. The lowest BCUT2D eigenvalue weighted by Gasteiger charge is -2.13. The number of phenols is 1. The van der Waals surface area contributed by atoms with Crippen LogP contribution in [0.4, 0.5) is 11.4 Å². The van der Waals surface area contributed by atoms with Gasteiger partial charge < -0.3 is 19.9 Å². The second kappa shape index (κ2) is 11.2. The van der Waals surface area contributed by atoms with Gasteiger partial charge in [0, 0.05) is 17.8 Å². The fourth-order valence-corrected chi connectivity index (χ4v) is 2.98. The number of nitrogens with zero attached hydrogens (tertiary/aromatic N) is 2. The third-order valence-corrected chi connectivity index (χ3v) is 4.58. The number of carbonyl (C=O) groups excluding carboxylic acids is 1. The maximum absolute atomic E-state index is 12.5. The molecule has 0 fully saturated rings. The molecule has 0 radical (unpaired) electrons. The average molecular weight is 459 g/mol. The Labute approximate surface area is 195 Å². The number of nitro groups is 1. The van der Waals surface area contributed by atoms with Gasteiger partial charge in [0.2, 0.25) is 0 Å². The third kappa shape index (κ3) is 6.34. The molecular formula is C25H21N3O6. The minimum Gasteiger partial charge on any atom is -0.508 e. The number of hydrogen-bond acceptors (Lipinski definition) is 7. The molecule has 0 aliphatic carbocycles. The Morgan fingerprint density at radius 2 is 1.88 bits per heavy atom. The number of nitriles is 1. The van der Waals surface area contributed by atoms with Crippen molar-refractivity contribution in [1.29, 1.82) is 5.26 Å². The molecule has 0 spiro atoms. The summed E-state index contributed by atoms with van der Waals surface area (Å²) in [5.74, 6) is 0.276. The van der Waals surface area contributed by atoms with Crippen molar-refractivity contribution < 1.29 is 24.3 Å². The molecule has 0 aromatic heterocycles. The van der Waals surface area contributed by atoms with Crippen LogP contribution in [0.25, 0.3) is 6.08 Å². The van der Waals surface area contributed by atoms with Gasteiger partial charge in [0.1, 0.15) is 24.0 Å². The third-order valence-electron chi connectivity index (χ3n) is 4.58. The number of anilines is 1. The summed E-state index contributed by atoms with van der Waals surface area (Å²) in [7, 11) is 0. The van der Waals surface area contributed by atoms with Gasteiger partial charge in [-0.05, 0) is 60.5 Å². The number of nitro benzene ring substituents is 1. The largest absolute Gasteiger partial charge is 0.508 e. The Balaban J connectivity index is 1.77. The fraction of sp³-hybridized carbons (Fsp3) is 0.120. The van der Waals surface area contributed by atoms with Crippen molar-refractivity contribution >= 4 is 23.4 Å². The predicted molar refractivity (Wildman–Crippen MR) is 125 cm³/mol. The first-order chi connectivity index (χ1) is 16.4. The summed E-state index contributed by atoms with van der Waals surface area (Å²) in [6.07, 6.45) is 1.42. The maximum atomic E-state index is 12.5. The average Bonchev–Trinajstić information content (AvgIpc) is 2.83. The molecule has 9 nitrogen and oxygen atoms in total. The van der Waals surface area contributed by atoms with Crippen LogP contribution in [-0.2, 0) is 11.4 Å².